The van der Waals surface area contributed by atoms with Gasteiger partial charge >= 0.3 is 5.97 Å². The molecule has 1 aromatic carbocycles. The van der Waals surface area contributed by atoms with Crippen LogP contribution in [0.5, 0.6) is 0 Å². The van der Waals surface area contributed by atoms with Crippen LogP contribution in [-0.2, 0) is 14.4 Å². The number of imide groups is 1. The molecule has 30 heavy (non-hydrogen) atoms. The molecule has 0 aliphatic carbocycles. The molecule has 9 nitrogen and oxygen atoms in total. The molecular weight excluding hydrogens is 386 g/mol. The Morgan fingerprint density at radius 2 is 1.37 bits per heavy atom. The van der Waals surface area contributed by atoms with Gasteiger partial charge in [-0.3, -0.25) is 9.59 Å². The smallest absolute Gasteiger partial charge is 0.363 e. The second kappa shape index (κ2) is 11.6. The molecule has 2 saturated heterocycles. The first-order valence-corrected chi connectivity index (χ1v) is 10.7. The number of nitrogens with zero attached hydrogens (tertiary/aromatic N) is 2. The molecule has 2 heterocycles. The van der Waals surface area contributed by atoms with Crippen molar-refractivity contribution in [1.29, 1.82) is 0 Å². The Bertz CT molecular complexity index is 695. The molecule has 2 amide bonds. The lowest BCUT2D eigenvalue weighted by Crippen LogP contribution is -2.37. The maximum absolute atomic E-state index is 12.3. The number of benzene rings is 1. The van der Waals surface area contributed by atoms with Crippen LogP contribution in [0.2, 0.25) is 0 Å². The third kappa shape index (κ3) is 6.51. The van der Waals surface area contributed by atoms with Gasteiger partial charge in [-0.25, -0.2) is 4.79 Å². The van der Waals surface area contributed by atoms with Crippen LogP contribution in [0, 0.1) is 0 Å². The molecule has 164 valence electrons. The van der Waals surface area contributed by atoms with Crippen molar-refractivity contribution in [2.75, 3.05) is 57.3 Å². The molecular formula is C21H31N5O4. The van der Waals surface area contributed by atoms with Crippen molar-refractivity contribution in [3.8, 4) is 0 Å². The van der Waals surface area contributed by atoms with Crippen LogP contribution in [0.15, 0.2) is 24.3 Å². The van der Waals surface area contributed by atoms with E-state index in [0.29, 0.717) is 10.6 Å². The van der Waals surface area contributed by atoms with Gasteiger partial charge in [-0.15, -0.1) is 5.06 Å². The number of nitrogens with one attached hydrogen (secondary N) is 3. The largest absolute Gasteiger partial charge is 0.370 e. The summed E-state index contributed by atoms with van der Waals surface area (Å²) in [6, 6.07) is 7.10. The van der Waals surface area contributed by atoms with Gasteiger partial charge in [0.05, 0.1) is 5.56 Å². The Labute approximate surface area is 177 Å². The predicted molar refractivity (Wildman–Crippen MR) is 113 cm³/mol. The molecule has 0 aromatic heterocycles. The fourth-order valence-corrected chi connectivity index (χ4v) is 3.47. The first-order valence-electron chi connectivity index (χ1n) is 10.7. The van der Waals surface area contributed by atoms with E-state index < -0.39 is 17.8 Å². The van der Waals surface area contributed by atoms with E-state index in [-0.39, 0.29) is 12.8 Å². The number of carbonyl (C=O) groups excluding carboxylic acids is 3. The van der Waals surface area contributed by atoms with Crippen molar-refractivity contribution in [2.45, 2.75) is 25.7 Å². The summed E-state index contributed by atoms with van der Waals surface area (Å²) in [5, 5.41) is 10.9. The van der Waals surface area contributed by atoms with Gasteiger partial charge in [-0.2, -0.15) is 0 Å². The van der Waals surface area contributed by atoms with Crippen LogP contribution in [0.3, 0.4) is 0 Å². The van der Waals surface area contributed by atoms with Crippen LogP contribution in [0.4, 0.5) is 5.69 Å². The van der Waals surface area contributed by atoms with E-state index in [4.69, 9.17) is 4.84 Å². The fourth-order valence-electron chi connectivity index (χ4n) is 3.47. The number of amides is 2. The van der Waals surface area contributed by atoms with Gasteiger partial charge in [-0.1, -0.05) is 0 Å². The lowest BCUT2D eigenvalue weighted by Gasteiger charge is -2.26. The molecule has 0 atom stereocenters. The van der Waals surface area contributed by atoms with Crippen LogP contribution in [-0.4, -0.2) is 75.2 Å². The first-order chi connectivity index (χ1) is 14.6. The van der Waals surface area contributed by atoms with Crippen molar-refractivity contribution < 1.29 is 19.2 Å². The predicted octanol–water partition coefficient (Wildman–Crippen LogP) is 0.276. The van der Waals surface area contributed by atoms with Crippen molar-refractivity contribution in [3.05, 3.63) is 29.8 Å². The van der Waals surface area contributed by atoms with Crippen molar-refractivity contribution >= 4 is 23.5 Å². The van der Waals surface area contributed by atoms with Crippen LogP contribution in [0.1, 0.15) is 36.0 Å². The zero-order chi connectivity index (χ0) is 21.2. The molecule has 0 radical (unpaired) electrons. The SMILES string of the molecule is O=C(ON1C(=O)CCC1=O)c1ccc(N2CCCNCCNCCCNCC2)cc1. The van der Waals surface area contributed by atoms with E-state index in [9.17, 15) is 14.4 Å². The monoisotopic (exact) mass is 417 g/mol. The molecule has 2 aliphatic rings. The molecule has 0 bridgehead atoms. The number of anilines is 1. The number of hydrogen-bond donors (Lipinski definition) is 3. The van der Waals surface area contributed by atoms with Crippen LogP contribution < -0.4 is 20.9 Å². The molecule has 9 heteroatoms. The van der Waals surface area contributed by atoms with Crippen molar-refractivity contribution in [3.63, 3.8) is 0 Å². The summed E-state index contributed by atoms with van der Waals surface area (Å²) in [6.07, 6.45) is 2.28. The zero-order valence-corrected chi connectivity index (χ0v) is 17.3. The number of hydrogen-bond acceptors (Lipinski definition) is 8. The minimum atomic E-state index is -0.703. The van der Waals surface area contributed by atoms with Gasteiger partial charge in [-0.05, 0) is 56.7 Å². The topological polar surface area (TPSA) is 103 Å². The summed E-state index contributed by atoms with van der Waals surface area (Å²) in [5.74, 6) is -1.66. The van der Waals surface area contributed by atoms with E-state index in [0.717, 1.165) is 70.9 Å². The van der Waals surface area contributed by atoms with Gasteiger partial charge in [0.25, 0.3) is 11.8 Å². The van der Waals surface area contributed by atoms with Gasteiger partial charge in [0.2, 0.25) is 0 Å². The Morgan fingerprint density at radius 3 is 2.03 bits per heavy atom. The average Bonchev–Trinajstić information content (AvgIpc) is 3.07. The number of hydroxylamine groups is 2. The number of rotatable bonds is 3. The lowest BCUT2D eigenvalue weighted by molar-refractivity contribution is -0.172. The third-order valence-corrected chi connectivity index (χ3v) is 5.17. The summed E-state index contributed by atoms with van der Waals surface area (Å²) in [6.45, 7) is 7.56. The highest BCUT2D eigenvalue weighted by molar-refractivity contribution is 6.02. The van der Waals surface area contributed by atoms with E-state index in [1.807, 2.05) is 12.1 Å². The van der Waals surface area contributed by atoms with Crippen LogP contribution >= 0.6 is 0 Å². The fraction of sp³-hybridized carbons (Fsp3) is 0.571. The van der Waals surface area contributed by atoms with E-state index in [1.54, 1.807) is 12.1 Å². The normalized spacial score (nSPS) is 20.1. The maximum Gasteiger partial charge on any atom is 0.363 e. The number of carbonyl (C=O) groups is 3. The summed E-state index contributed by atoms with van der Waals surface area (Å²) in [7, 11) is 0. The van der Waals surface area contributed by atoms with Gasteiger partial charge in [0, 0.05) is 51.3 Å². The Kier molecular flexibility index (Phi) is 8.61. The van der Waals surface area contributed by atoms with Crippen molar-refractivity contribution in [2.24, 2.45) is 0 Å². The zero-order valence-electron chi connectivity index (χ0n) is 17.3. The molecule has 1 aromatic rings. The maximum atomic E-state index is 12.3. The second-order valence-electron chi connectivity index (χ2n) is 7.45. The highest BCUT2D eigenvalue weighted by Gasteiger charge is 2.33. The highest BCUT2D eigenvalue weighted by atomic mass is 16.7. The Hall–Kier alpha value is -2.49. The van der Waals surface area contributed by atoms with E-state index in [2.05, 4.69) is 20.9 Å². The van der Waals surface area contributed by atoms with Gasteiger partial charge in [0.15, 0.2) is 0 Å². The summed E-state index contributed by atoms with van der Waals surface area (Å²) in [5.41, 5.74) is 1.33. The highest BCUT2D eigenvalue weighted by Crippen LogP contribution is 2.18. The van der Waals surface area contributed by atoms with E-state index in [1.165, 1.54) is 0 Å². The third-order valence-electron chi connectivity index (χ3n) is 5.17. The molecule has 3 N–H and O–H groups in total. The summed E-state index contributed by atoms with van der Waals surface area (Å²) < 4.78 is 0. The average molecular weight is 418 g/mol. The molecule has 0 spiro atoms. The molecule has 2 fully saturated rings. The van der Waals surface area contributed by atoms with Gasteiger partial charge < -0.3 is 25.7 Å². The second-order valence-corrected chi connectivity index (χ2v) is 7.45. The van der Waals surface area contributed by atoms with Crippen LogP contribution in [0.25, 0.3) is 0 Å². The Morgan fingerprint density at radius 1 is 0.767 bits per heavy atom. The van der Waals surface area contributed by atoms with E-state index >= 15 is 0 Å². The van der Waals surface area contributed by atoms with Gasteiger partial charge in [0.1, 0.15) is 0 Å². The molecule has 3 rings (SSSR count). The lowest BCUT2D eigenvalue weighted by atomic mass is 10.2. The minimum Gasteiger partial charge on any atom is -0.370 e. The van der Waals surface area contributed by atoms with Crippen molar-refractivity contribution in [1.82, 2.24) is 21.0 Å². The standard InChI is InChI=1S/C21H31N5O4/c27-19-7-8-20(28)26(19)30-21(29)17-3-5-18(6-4-17)25-15-2-11-23-13-12-22-9-1-10-24-14-16-25/h3-6,22-24H,1-2,7-16H2. The Balaban J connectivity index is 1.58. The quantitative estimate of drug-likeness (QED) is 0.603. The molecule has 0 saturated carbocycles. The molecule has 2 aliphatic heterocycles. The summed E-state index contributed by atoms with van der Waals surface area (Å²) in [4.78, 5) is 42.8. The molecule has 0 unspecified atom stereocenters. The first kappa shape index (κ1) is 22.2. The minimum absolute atomic E-state index is 0.0828. The summed E-state index contributed by atoms with van der Waals surface area (Å²) >= 11 is 0.